The van der Waals surface area contributed by atoms with Crippen LogP contribution in [0.1, 0.15) is 10.4 Å². The third-order valence-electron chi connectivity index (χ3n) is 4.02. The number of non-ortho nitro benzene ring substituents is 1. The Hall–Kier alpha value is -3.11. The van der Waals surface area contributed by atoms with Crippen molar-refractivity contribution in [3.63, 3.8) is 0 Å². The van der Waals surface area contributed by atoms with E-state index in [0.29, 0.717) is 0 Å². The van der Waals surface area contributed by atoms with Gasteiger partial charge >= 0.3 is 0 Å². The number of sulfonamides is 1. The van der Waals surface area contributed by atoms with Gasteiger partial charge in [-0.25, -0.2) is 8.42 Å². The Morgan fingerprint density at radius 3 is 2.38 bits per heavy atom. The Balaban J connectivity index is 1.92. The van der Waals surface area contributed by atoms with Gasteiger partial charge < -0.3 is 5.32 Å². The van der Waals surface area contributed by atoms with E-state index in [4.69, 9.17) is 0 Å². The van der Waals surface area contributed by atoms with Crippen LogP contribution in [-0.4, -0.2) is 42.4 Å². The number of likely N-dealkylation sites (N-methyl/N-ethyl adjacent to an activating group) is 1. The lowest BCUT2D eigenvalue weighted by atomic mass is 10.0. The topological polar surface area (TPSA) is 127 Å². The molecular formula is C16H13N3O6S. The quantitative estimate of drug-likeness (QED) is 0.491. The highest BCUT2D eigenvalue weighted by atomic mass is 32.2. The minimum atomic E-state index is -4.00. The van der Waals surface area contributed by atoms with Crippen LogP contribution in [0.3, 0.4) is 0 Å². The molecule has 0 spiro atoms. The fourth-order valence-electron chi connectivity index (χ4n) is 2.66. The first-order valence-electron chi connectivity index (χ1n) is 7.40. The number of Topliss-reactive ketones (excluding diaryl/α,β-unsaturated/α-hetero) is 1. The van der Waals surface area contributed by atoms with Crippen molar-refractivity contribution in [2.24, 2.45) is 0 Å². The van der Waals surface area contributed by atoms with Crippen LogP contribution in [0.2, 0.25) is 0 Å². The summed E-state index contributed by atoms with van der Waals surface area (Å²) < 4.78 is 25.8. The van der Waals surface area contributed by atoms with Gasteiger partial charge in [0.1, 0.15) is 0 Å². The second-order valence-electron chi connectivity index (χ2n) is 5.58. The number of rotatable bonds is 3. The van der Waals surface area contributed by atoms with Crippen molar-refractivity contribution in [2.75, 3.05) is 12.4 Å². The Morgan fingerprint density at radius 2 is 1.77 bits per heavy atom. The van der Waals surface area contributed by atoms with Crippen LogP contribution in [0, 0.1) is 10.1 Å². The number of nitro groups is 1. The highest BCUT2D eigenvalue weighted by Gasteiger charge is 2.45. The van der Waals surface area contributed by atoms with E-state index in [2.05, 4.69) is 5.32 Å². The summed E-state index contributed by atoms with van der Waals surface area (Å²) in [6.07, 6.45) is 0. The van der Waals surface area contributed by atoms with Gasteiger partial charge in [-0.1, -0.05) is 12.1 Å². The zero-order valence-corrected chi connectivity index (χ0v) is 14.3. The lowest BCUT2D eigenvalue weighted by Gasteiger charge is -2.30. The van der Waals surface area contributed by atoms with E-state index in [-0.39, 0.29) is 21.8 Å². The standard InChI is InChI=1S/C16H13N3O6S/c1-18-14(15(20)12-4-2-3-5-13(12)26(18,24)25)16(21)17-10-6-8-11(9-7-10)19(22)23/h2-9,14H,1H3,(H,17,21). The predicted molar refractivity (Wildman–Crippen MR) is 91.2 cm³/mol. The molecule has 9 nitrogen and oxygen atoms in total. The summed E-state index contributed by atoms with van der Waals surface area (Å²) in [5.41, 5.74) is -0.00197. The molecule has 1 aliphatic heterocycles. The molecule has 0 aliphatic carbocycles. The van der Waals surface area contributed by atoms with E-state index in [1.807, 2.05) is 0 Å². The highest BCUT2D eigenvalue weighted by Crippen LogP contribution is 2.29. The summed E-state index contributed by atoms with van der Waals surface area (Å²) in [4.78, 5) is 35.1. The fourth-order valence-corrected chi connectivity index (χ4v) is 4.14. The van der Waals surface area contributed by atoms with Crippen LogP contribution < -0.4 is 5.32 Å². The van der Waals surface area contributed by atoms with Crippen LogP contribution in [0.15, 0.2) is 53.4 Å². The molecule has 1 unspecified atom stereocenters. The number of nitro benzene ring substituents is 1. The van der Waals surface area contributed by atoms with Gasteiger partial charge in [0.2, 0.25) is 10.0 Å². The average Bonchev–Trinajstić information content (AvgIpc) is 2.61. The Morgan fingerprint density at radius 1 is 1.15 bits per heavy atom. The number of fused-ring (bicyclic) bond motifs is 1. The third kappa shape index (κ3) is 2.85. The highest BCUT2D eigenvalue weighted by molar-refractivity contribution is 7.89. The van der Waals surface area contributed by atoms with Crippen molar-refractivity contribution >= 4 is 33.1 Å². The molecule has 1 aliphatic rings. The first kappa shape index (κ1) is 17.7. The molecule has 26 heavy (non-hydrogen) atoms. The van der Waals surface area contributed by atoms with Crippen LogP contribution in [0.5, 0.6) is 0 Å². The van der Waals surface area contributed by atoms with Crippen molar-refractivity contribution < 1.29 is 22.9 Å². The predicted octanol–water partition coefficient (Wildman–Crippen LogP) is 1.42. The number of nitrogens with one attached hydrogen (secondary N) is 1. The monoisotopic (exact) mass is 375 g/mol. The van der Waals surface area contributed by atoms with Gasteiger partial charge in [-0.05, 0) is 24.3 Å². The van der Waals surface area contributed by atoms with Gasteiger partial charge in [-0.3, -0.25) is 19.7 Å². The second-order valence-corrected chi connectivity index (χ2v) is 7.54. The molecule has 3 rings (SSSR count). The Kier molecular flexibility index (Phi) is 4.30. The van der Waals surface area contributed by atoms with Gasteiger partial charge in [0, 0.05) is 30.4 Å². The summed E-state index contributed by atoms with van der Waals surface area (Å²) in [7, 11) is -2.84. The minimum absolute atomic E-state index is 0.0468. The maximum Gasteiger partial charge on any atom is 0.269 e. The summed E-state index contributed by atoms with van der Waals surface area (Å²) in [5.74, 6) is -1.48. The maximum absolute atomic E-state index is 12.6. The Labute approximate surface area is 148 Å². The number of hydrogen-bond donors (Lipinski definition) is 1. The first-order valence-corrected chi connectivity index (χ1v) is 8.84. The van der Waals surface area contributed by atoms with E-state index in [1.165, 1.54) is 48.5 Å². The molecule has 1 N–H and O–H groups in total. The molecule has 2 aromatic carbocycles. The number of ketones is 1. The molecule has 1 amide bonds. The first-order chi connectivity index (χ1) is 12.2. The van der Waals surface area contributed by atoms with Gasteiger partial charge in [0.15, 0.2) is 11.8 Å². The summed E-state index contributed by atoms with van der Waals surface area (Å²) >= 11 is 0. The minimum Gasteiger partial charge on any atom is -0.324 e. The number of carbonyl (C=O) groups excluding carboxylic acids is 2. The van der Waals surface area contributed by atoms with E-state index < -0.39 is 32.7 Å². The fraction of sp³-hybridized carbons (Fsp3) is 0.125. The van der Waals surface area contributed by atoms with Crippen molar-refractivity contribution in [3.8, 4) is 0 Å². The summed E-state index contributed by atoms with van der Waals surface area (Å²) in [5, 5.41) is 13.1. The van der Waals surface area contributed by atoms with Gasteiger partial charge in [0.05, 0.1) is 9.82 Å². The van der Waals surface area contributed by atoms with Crippen LogP contribution in [0.4, 0.5) is 11.4 Å². The summed E-state index contributed by atoms with van der Waals surface area (Å²) in [6, 6.07) is 9.08. The maximum atomic E-state index is 12.6. The normalized spacial score (nSPS) is 18.8. The van der Waals surface area contributed by atoms with Crippen molar-refractivity contribution in [1.29, 1.82) is 0 Å². The molecule has 10 heteroatoms. The molecule has 1 heterocycles. The van der Waals surface area contributed by atoms with Gasteiger partial charge in [-0.2, -0.15) is 4.31 Å². The van der Waals surface area contributed by atoms with Crippen LogP contribution >= 0.6 is 0 Å². The van der Waals surface area contributed by atoms with Crippen LogP contribution in [0.25, 0.3) is 0 Å². The van der Waals surface area contributed by atoms with E-state index >= 15 is 0 Å². The number of benzene rings is 2. The number of anilines is 1. The van der Waals surface area contributed by atoms with E-state index in [9.17, 15) is 28.1 Å². The smallest absolute Gasteiger partial charge is 0.269 e. The molecule has 0 radical (unpaired) electrons. The number of nitrogens with zero attached hydrogens (tertiary/aromatic N) is 2. The van der Waals surface area contributed by atoms with E-state index in [1.54, 1.807) is 0 Å². The van der Waals surface area contributed by atoms with Crippen molar-refractivity contribution in [3.05, 3.63) is 64.2 Å². The molecule has 134 valence electrons. The molecule has 2 aromatic rings. The molecular weight excluding hydrogens is 362 g/mol. The van der Waals surface area contributed by atoms with Crippen molar-refractivity contribution in [1.82, 2.24) is 4.31 Å². The Bertz CT molecular complexity index is 1020. The van der Waals surface area contributed by atoms with Crippen molar-refractivity contribution in [2.45, 2.75) is 10.9 Å². The lowest BCUT2D eigenvalue weighted by Crippen LogP contribution is -2.53. The number of hydrogen-bond acceptors (Lipinski definition) is 6. The molecule has 0 bridgehead atoms. The van der Waals surface area contributed by atoms with Crippen LogP contribution in [-0.2, 0) is 14.8 Å². The molecule has 0 aromatic heterocycles. The second kappa shape index (κ2) is 6.32. The molecule has 1 atom stereocenters. The largest absolute Gasteiger partial charge is 0.324 e. The third-order valence-corrected chi connectivity index (χ3v) is 5.90. The molecule has 0 fully saturated rings. The number of carbonyl (C=O) groups is 2. The molecule has 0 saturated heterocycles. The average molecular weight is 375 g/mol. The summed E-state index contributed by atoms with van der Waals surface area (Å²) in [6.45, 7) is 0. The lowest BCUT2D eigenvalue weighted by molar-refractivity contribution is -0.384. The zero-order chi connectivity index (χ0) is 19.1. The molecule has 0 saturated carbocycles. The zero-order valence-electron chi connectivity index (χ0n) is 13.4. The van der Waals surface area contributed by atoms with E-state index in [0.717, 1.165) is 11.4 Å². The number of amides is 1. The SMILES string of the molecule is CN1C(C(=O)Nc2ccc([N+](=O)[O-])cc2)C(=O)c2ccccc2S1(=O)=O. The van der Waals surface area contributed by atoms with Gasteiger partial charge in [0.25, 0.3) is 11.6 Å². The van der Waals surface area contributed by atoms with Gasteiger partial charge in [-0.15, -0.1) is 0 Å².